The molecule has 0 spiro atoms. The average molecular weight is 461 g/mol. The van der Waals surface area contributed by atoms with Gasteiger partial charge in [-0.15, -0.1) is 11.8 Å². The Morgan fingerprint density at radius 2 is 1.81 bits per heavy atom. The Kier molecular flexibility index (Phi) is 9.57. The highest BCUT2D eigenvalue weighted by Gasteiger charge is 2.30. The smallest absolute Gasteiger partial charge is 0.243 e. The second kappa shape index (κ2) is 11.9. The lowest BCUT2D eigenvalue weighted by atomic mass is 10.1. The summed E-state index contributed by atoms with van der Waals surface area (Å²) in [6.07, 6.45) is 0.500. The van der Waals surface area contributed by atoms with Gasteiger partial charge in [-0.25, -0.2) is 4.39 Å². The zero-order valence-electron chi connectivity index (χ0n) is 19.5. The number of nitrogens with zero attached hydrogens (tertiary/aromatic N) is 1. The lowest BCUT2D eigenvalue weighted by molar-refractivity contribution is -0.140. The highest BCUT2D eigenvalue weighted by Crippen LogP contribution is 2.20. The SMILES string of the molecule is CC[C@H](C(=O)NC(C)(C)C)N(Cc1cccc(OC)c1)C(=O)CSCc1ccc(F)cc1. The Hall–Kier alpha value is -2.54. The van der Waals surface area contributed by atoms with E-state index in [1.807, 2.05) is 52.0 Å². The summed E-state index contributed by atoms with van der Waals surface area (Å²) in [7, 11) is 1.60. The zero-order chi connectivity index (χ0) is 23.7. The van der Waals surface area contributed by atoms with E-state index in [0.29, 0.717) is 24.5 Å². The van der Waals surface area contributed by atoms with E-state index in [-0.39, 0.29) is 23.4 Å². The molecule has 0 saturated heterocycles. The molecule has 174 valence electrons. The normalized spacial score (nSPS) is 12.2. The van der Waals surface area contributed by atoms with Crippen LogP contribution >= 0.6 is 11.8 Å². The Labute approximate surface area is 194 Å². The molecule has 1 atom stereocenters. The number of methoxy groups -OCH3 is 1. The summed E-state index contributed by atoms with van der Waals surface area (Å²) >= 11 is 1.45. The summed E-state index contributed by atoms with van der Waals surface area (Å²) in [6.45, 7) is 7.98. The first kappa shape index (κ1) is 25.7. The van der Waals surface area contributed by atoms with Gasteiger partial charge in [0.1, 0.15) is 17.6 Å². The third-order valence-corrected chi connectivity index (χ3v) is 5.77. The summed E-state index contributed by atoms with van der Waals surface area (Å²) in [5, 5.41) is 3.00. The first-order valence-corrected chi connectivity index (χ1v) is 11.8. The molecular weight excluding hydrogens is 427 g/mol. The average Bonchev–Trinajstić information content (AvgIpc) is 2.73. The summed E-state index contributed by atoms with van der Waals surface area (Å²) in [5.74, 6) is 0.948. The summed E-state index contributed by atoms with van der Waals surface area (Å²) in [4.78, 5) is 27.9. The van der Waals surface area contributed by atoms with E-state index >= 15 is 0 Å². The van der Waals surface area contributed by atoms with Crippen LogP contribution in [0.1, 0.15) is 45.2 Å². The van der Waals surface area contributed by atoms with E-state index in [4.69, 9.17) is 4.74 Å². The van der Waals surface area contributed by atoms with Gasteiger partial charge in [0.2, 0.25) is 11.8 Å². The third-order valence-electron chi connectivity index (χ3n) is 4.78. The van der Waals surface area contributed by atoms with Crippen LogP contribution in [0.3, 0.4) is 0 Å². The molecular formula is C25H33FN2O3S. The van der Waals surface area contributed by atoms with Crippen molar-refractivity contribution < 1.29 is 18.7 Å². The van der Waals surface area contributed by atoms with Gasteiger partial charge < -0.3 is 15.0 Å². The van der Waals surface area contributed by atoms with Crippen LogP contribution in [-0.2, 0) is 21.9 Å². The number of halogens is 1. The standard InChI is InChI=1S/C25H33FN2O3S/c1-6-22(24(30)27-25(2,3)4)28(15-19-8-7-9-21(14-19)31-5)23(29)17-32-16-18-10-12-20(26)13-11-18/h7-14,22H,6,15-17H2,1-5H3,(H,27,30)/t22-/m1/s1. The molecule has 0 radical (unpaired) electrons. The van der Waals surface area contributed by atoms with Gasteiger partial charge in [-0.05, 0) is 62.6 Å². The lowest BCUT2D eigenvalue weighted by Gasteiger charge is -2.33. The summed E-state index contributed by atoms with van der Waals surface area (Å²) < 4.78 is 18.4. The first-order valence-electron chi connectivity index (χ1n) is 10.7. The van der Waals surface area contributed by atoms with Crippen LogP contribution in [0.15, 0.2) is 48.5 Å². The minimum absolute atomic E-state index is 0.115. The molecule has 0 aromatic heterocycles. The number of thioether (sulfide) groups is 1. The summed E-state index contributed by atoms with van der Waals surface area (Å²) in [5.41, 5.74) is 1.44. The molecule has 0 aliphatic carbocycles. The van der Waals surface area contributed by atoms with Crippen LogP contribution in [0, 0.1) is 5.82 Å². The van der Waals surface area contributed by atoms with Gasteiger partial charge >= 0.3 is 0 Å². The number of carbonyl (C=O) groups excluding carboxylic acids is 2. The zero-order valence-corrected chi connectivity index (χ0v) is 20.3. The van der Waals surface area contributed by atoms with E-state index in [1.54, 1.807) is 24.1 Å². The highest BCUT2D eigenvalue weighted by atomic mass is 32.2. The number of amides is 2. The fraction of sp³-hybridized carbons (Fsp3) is 0.440. The van der Waals surface area contributed by atoms with Crippen molar-refractivity contribution in [1.82, 2.24) is 10.2 Å². The molecule has 5 nitrogen and oxygen atoms in total. The Balaban J connectivity index is 2.17. The second-order valence-electron chi connectivity index (χ2n) is 8.66. The molecule has 0 bridgehead atoms. The van der Waals surface area contributed by atoms with Crippen molar-refractivity contribution in [3.63, 3.8) is 0 Å². The fourth-order valence-electron chi connectivity index (χ4n) is 3.26. The molecule has 2 aromatic carbocycles. The van der Waals surface area contributed by atoms with Gasteiger partial charge in [-0.3, -0.25) is 9.59 Å². The molecule has 0 aliphatic rings. The van der Waals surface area contributed by atoms with Crippen molar-refractivity contribution in [2.24, 2.45) is 0 Å². The van der Waals surface area contributed by atoms with Gasteiger partial charge in [-0.1, -0.05) is 31.2 Å². The van der Waals surface area contributed by atoms with Crippen LogP contribution in [0.5, 0.6) is 5.75 Å². The van der Waals surface area contributed by atoms with Gasteiger partial charge in [0.05, 0.1) is 12.9 Å². The minimum atomic E-state index is -0.584. The quantitative estimate of drug-likeness (QED) is 0.554. The molecule has 0 heterocycles. The van der Waals surface area contributed by atoms with Crippen LogP contribution < -0.4 is 10.1 Å². The number of rotatable bonds is 10. The van der Waals surface area contributed by atoms with Gasteiger partial charge in [0, 0.05) is 17.8 Å². The maximum Gasteiger partial charge on any atom is 0.243 e. The predicted octanol–water partition coefficient (Wildman–Crippen LogP) is 4.79. The summed E-state index contributed by atoms with van der Waals surface area (Å²) in [6, 6.07) is 13.2. The Morgan fingerprint density at radius 1 is 1.12 bits per heavy atom. The Bertz CT molecular complexity index is 897. The molecule has 2 amide bonds. The fourth-order valence-corrected chi connectivity index (χ4v) is 4.13. The van der Waals surface area contributed by atoms with Crippen molar-refractivity contribution in [3.05, 3.63) is 65.5 Å². The van der Waals surface area contributed by atoms with Crippen LogP contribution in [-0.4, -0.2) is 41.2 Å². The number of nitrogens with one attached hydrogen (secondary N) is 1. The third kappa shape index (κ3) is 8.19. The largest absolute Gasteiger partial charge is 0.497 e. The van der Waals surface area contributed by atoms with Crippen molar-refractivity contribution >= 4 is 23.6 Å². The maximum absolute atomic E-state index is 13.3. The number of ether oxygens (including phenoxy) is 1. The molecule has 7 heteroatoms. The number of benzene rings is 2. The van der Waals surface area contributed by atoms with E-state index in [0.717, 1.165) is 11.1 Å². The number of hydrogen-bond donors (Lipinski definition) is 1. The van der Waals surface area contributed by atoms with Crippen LogP contribution in [0.4, 0.5) is 4.39 Å². The topological polar surface area (TPSA) is 58.6 Å². The number of carbonyl (C=O) groups is 2. The molecule has 0 unspecified atom stereocenters. The van der Waals surface area contributed by atoms with Crippen molar-refractivity contribution in [3.8, 4) is 5.75 Å². The van der Waals surface area contributed by atoms with Crippen molar-refractivity contribution in [2.45, 2.75) is 58.0 Å². The highest BCUT2D eigenvalue weighted by molar-refractivity contribution is 7.99. The van der Waals surface area contributed by atoms with Crippen molar-refractivity contribution in [1.29, 1.82) is 0 Å². The van der Waals surface area contributed by atoms with Crippen LogP contribution in [0.2, 0.25) is 0 Å². The van der Waals surface area contributed by atoms with Gasteiger partial charge in [-0.2, -0.15) is 0 Å². The number of hydrogen-bond acceptors (Lipinski definition) is 4. The molecule has 0 fully saturated rings. The predicted molar refractivity (Wildman–Crippen MR) is 128 cm³/mol. The van der Waals surface area contributed by atoms with E-state index in [2.05, 4.69) is 5.32 Å². The molecule has 32 heavy (non-hydrogen) atoms. The first-order chi connectivity index (χ1) is 15.1. The lowest BCUT2D eigenvalue weighted by Crippen LogP contribution is -2.53. The minimum Gasteiger partial charge on any atom is -0.497 e. The van der Waals surface area contributed by atoms with E-state index < -0.39 is 11.6 Å². The second-order valence-corrected chi connectivity index (χ2v) is 9.64. The maximum atomic E-state index is 13.3. The van der Waals surface area contributed by atoms with Crippen LogP contribution in [0.25, 0.3) is 0 Å². The van der Waals surface area contributed by atoms with E-state index in [9.17, 15) is 14.0 Å². The molecule has 0 saturated carbocycles. The molecule has 0 aliphatic heterocycles. The van der Waals surface area contributed by atoms with Gasteiger partial charge in [0.15, 0.2) is 0 Å². The molecule has 2 rings (SSSR count). The monoisotopic (exact) mass is 460 g/mol. The molecule has 2 aromatic rings. The van der Waals surface area contributed by atoms with E-state index in [1.165, 1.54) is 23.9 Å². The van der Waals surface area contributed by atoms with Crippen molar-refractivity contribution in [2.75, 3.05) is 12.9 Å². The van der Waals surface area contributed by atoms with Gasteiger partial charge in [0.25, 0.3) is 0 Å². The Morgan fingerprint density at radius 3 is 2.41 bits per heavy atom. The molecule has 1 N–H and O–H groups in total.